The minimum Gasteiger partial charge on any atom is -0.481 e. The van der Waals surface area contributed by atoms with Crippen molar-refractivity contribution in [3.05, 3.63) is 88.2 Å². The van der Waals surface area contributed by atoms with Gasteiger partial charge in [0, 0.05) is 22.0 Å². The zero-order valence-electron chi connectivity index (χ0n) is 16.9. The smallest absolute Gasteiger partial charge is 0.305 e. The number of aliphatic carboxylic acids is 1. The molecule has 32 heavy (non-hydrogen) atoms. The van der Waals surface area contributed by atoms with Crippen LogP contribution in [0.15, 0.2) is 66.7 Å². The summed E-state index contributed by atoms with van der Waals surface area (Å²) in [4.78, 5) is 10.7. The van der Waals surface area contributed by atoms with Gasteiger partial charge in [0.15, 0.2) is 0 Å². The third-order valence-electron chi connectivity index (χ3n) is 4.87. The molecule has 0 spiro atoms. The van der Waals surface area contributed by atoms with E-state index in [1.807, 2.05) is 24.3 Å². The largest absolute Gasteiger partial charge is 0.481 e. The predicted molar refractivity (Wildman–Crippen MR) is 125 cm³/mol. The molecule has 2 unspecified atom stereocenters. The Bertz CT molecular complexity index is 1130. The van der Waals surface area contributed by atoms with Crippen molar-refractivity contribution < 1.29 is 24.5 Å². The van der Waals surface area contributed by atoms with Crippen LogP contribution in [0.4, 0.5) is 4.39 Å². The molecule has 4 nitrogen and oxygen atoms in total. The molecule has 0 saturated carbocycles. The topological polar surface area (TPSA) is 77.8 Å². The molecule has 3 aromatic rings. The Kier molecular flexibility index (Phi) is 8.04. The van der Waals surface area contributed by atoms with E-state index in [0.717, 1.165) is 27.8 Å². The summed E-state index contributed by atoms with van der Waals surface area (Å²) in [5, 5.41) is 29.6. The van der Waals surface area contributed by atoms with Gasteiger partial charge in [-0.15, -0.1) is 0 Å². The zero-order chi connectivity index (χ0) is 23.3. The summed E-state index contributed by atoms with van der Waals surface area (Å²) in [7, 11) is 0. The van der Waals surface area contributed by atoms with Crippen LogP contribution in [-0.2, 0) is 4.79 Å². The van der Waals surface area contributed by atoms with Crippen LogP contribution in [0.3, 0.4) is 0 Å². The standard InChI is InChI=1S/C25H21Cl2FO4/c26-18-6-10-22(24(27)12-18)17-2-1-15(5-9-20(29)13-21(30)14-25(31)32)23(11-17)16-3-7-19(28)8-4-16/h1-12,20-21,29-30H,13-14H2,(H,31,32)/b9-5+. The molecule has 0 fully saturated rings. The second-order valence-corrected chi connectivity index (χ2v) is 8.19. The number of hydrogen-bond donors (Lipinski definition) is 3. The molecule has 0 aliphatic heterocycles. The van der Waals surface area contributed by atoms with Gasteiger partial charge >= 0.3 is 5.97 Å². The van der Waals surface area contributed by atoms with Crippen molar-refractivity contribution in [2.45, 2.75) is 25.0 Å². The Labute approximate surface area is 195 Å². The van der Waals surface area contributed by atoms with E-state index in [-0.39, 0.29) is 12.2 Å². The van der Waals surface area contributed by atoms with E-state index in [0.29, 0.717) is 10.0 Å². The Morgan fingerprint density at radius 3 is 2.28 bits per heavy atom. The number of carboxylic acid groups (broad SMARTS) is 1. The van der Waals surface area contributed by atoms with Gasteiger partial charge in [0.2, 0.25) is 0 Å². The van der Waals surface area contributed by atoms with Gasteiger partial charge in [0.05, 0.1) is 18.6 Å². The monoisotopic (exact) mass is 474 g/mol. The molecule has 0 heterocycles. The van der Waals surface area contributed by atoms with E-state index in [2.05, 4.69) is 0 Å². The Morgan fingerprint density at radius 2 is 1.62 bits per heavy atom. The lowest BCUT2D eigenvalue weighted by Crippen LogP contribution is -2.19. The summed E-state index contributed by atoms with van der Waals surface area (Å²) >= 11 is 12.4. The first kappa shape index (κ1) is 24.0. The van der Waals surface area contributed by atoms with Gasteiger partial charge in [-0.25, -0.2) is 4.39 Å². The van der Waals surface area contributed by atoms with Gasteiger partial charge in [-0.05, 0) is 52.6 Å². The van der Waals surface area contributed by atoms with Crippen molar-refractivity contribution in [2.24, 2.45) is 0 Å². The van der Waals surface area contributed by atoms with Crippen molar-refractivity contribution in [3.8, 4) is 22.3 Å². The molecule has 3 aromatic carbocycles. The van der Waals surface area contributed by atoms with Crippen molar-refractivity contribution in [1.29, 1.82) is 0 Å². The third-order valence-corrected chi connectivity index (χ3v) is 5.42. The number of aliphatic hydroxyl groups excluding tert-OH is 2. The lowest BCUT2D eigenvalue weighted by atomic mass is 9.94. The molecule has 7 heteroatoms. The highest BCUT2D eigenvalue weighted by Crippen LogP contribution is 2.35. The van der Waals surface area contributed by atoms with Crippen LogP contribution in [-0.4, -0.2) is 33.5 Å². The summed E-state index contributed by atoms with van der Waals surface area (Å²) in [6, 6.07) is 16.9. The molecule has 3 N–H and O–H groups in total. The second-order valence-electron chi connectivity index (χ2n) is 7.35. The van der Waals surface area contributed by atoms with E-state index < -0.39 is 24.6 Å². The van der Waals surface area contributed by atoms with Gasteiger partial charge in [-0.1, -0.05) is 65.7 Å². The number of carbonyl (C=O) groups is 1. The van der Waals surface area contributed by atoms with Crippen LogP contribution >= 0.6 is 23.2 Å². The number of benzene rings is 3. The fourth-order valence-electron chi connectivity index (χ4n) is 3.33. The first-order valence-corrected chi connectivity index (χ1v) is 10.6. The van der Waals surface area contributed by atoms with E-state index >= 15 is 0 Å². The van der Waals surface area contributed by atoms with Crippen LogP contribution in [0.5, 0.6) is 0 Å². The number of carboxylic acids is 1. The van der Waals surface area contributed by atoms with Gasteiger partial charge < -0.3 is 15.3 Å². The maximum Gasteiger partial charge on any atom is 0.305 e. The first-order chi connectivity index (χ1) is 15.2. The Morgan fingerprint density at radius 1 is 0.938 bits per heavy atom. The number of aliphatic hydroxyl groups is 2. The van der Waals surface area contributed by atoms with Crippen LogP contribution in [0.25, 0.3) is 28.3 Å². The van der Waals surface area contributed by atoms with Crippen molar-refractivity contribution in [1.82, 2.24) is 0 Å². The van der Waals surface area contributed by atoms with E-state index in [4.69, 9.17) is 28.3 Å². The summed E-state index contributed by atoms with van der Waals surface area (Å²) in [5.41, 5.74) is 3.91. The second kappa shape index (κ2) is 10.7. The van der Waals surface area contributed by atoms with Gasteiger partial charge in [0.25, 0.3) is 0 Å². The number of hydrogen-bond acceptors (Lipinski definition) is 3. The van der Waals surface area contributed by atoms with Gasteiger partial charge in [0.1, 0.15) is 5.82 Å². The third kappa shape index (κ3) is 6.40. The Balaban J connectivity index is 1.96. The highest BCUT2D eigenvalue weighted by molar-refractivity contribution is 6.36. The molecule has 3 rings (SSSR count). The summed E-state index contributed by atoms with van der Waals surface area (Å²) < 4.78 is 13.5. The summed E-state index contributed by atoms with van der Waals surface area (Å²) in [6.07, 6.45) is 0.441. The summed E-state index contributed by atoms with van der Waals surface area (Å²) in [6.45, 7) is 0. The minimum atomic E-state index is -1.15. The Hall–Kier alpha value is -2.70. The van der Waals surface area contributed by atoms with Gasteiger partial charge in [-0.2, -0.15) is 0 Å². The predicted octanol–water partition coefficient (Wildman–Crippen LogP) is 6.07. The highest BCUT2D eigenvalue weighted by Gasteiger charge is 2.14. The molecule has 0 amide bonds. The highest BCUT2D eigenvalue weighted by atomic mass is 35.5. The summed E-state index contributed by atoms with van der Waals surface area (Å²) in [5.74, 6) is -1.49. The molecular weight excluding hydrogens is 454 g/mol. The van der Waals surface area contributed by atoms with Crippen LogP contribution < -0.4 is 0 Å². The lowest BCUT2D eigenvalue weighted by Gasteiger charge is -2.13. The van der Waals surface area contributed by atoms with Crippen LogP contribution in [0, 0.1) is 5.82 Å². The molecule has 0 radical (unpaired) electrons. The quantitative estimate of drug-likeness (QED) is 0.370. The molecule has 0 saturated heterocycles. The minimum absolute atomic E-state index is 0.104. The maximum atomic E-state index is 13.5. The zero-order valence-corrected chi connectivity index (χ0v) is 18.4. The molecule has 0 aliphatic rings. The van der Waals surface area contributed by atoms with Crippen molar-refractivity contribution >= 4 is 35.2 Å². The van der Waals surface area contributed by atoms with E-state index in [1.165, 1.54) is 18.2 Å². The molecular formula is C25H21Cl2FO4. The molecule has 0 bridgehead atoms. The lowest BCUT2D eigenvalue weighted by molar-refractivity contribution is -0.139. The van der Waals surface area contributed by atoms with Crippen LogP contribution in [0.2, 0.25) is 10.0 Å². The normalized spacial score (nSPS) is 13.3. The van der Waals surface area contributed by atoms with Crippen LogP contribution in [0.1, 0.15) is 18.4 Å². The fraction of sp³-hybridized carbons (Fsp3) is 0.160. The SMILES string of the molecule is O=C(O)CC(O)CC(O)/C=C/c1ccc(-c2ccc(Cl)cc2Cl)cc1-c1ccc(F)cc1. The fourth-order valence-corrected chi connectivity index (χ4v) is 3.85. The number of halogens is 3. The molecule has 0 aliphatic carbocycles. The average Bonchev–Trinajstić information content (AvgIpc) is 2.72. The number of rotatable bonds is 8. The molecule has 2 atom stereocenters. The maximum absolute atomic E-state index is 13.5. The van der Waals surface area contributed by atoms with E-state index in [1.54, 1.807) is 30.3 Å². The van der Waals surface area contributed by atoms with Gasteiger partial charge in [-0.3, -0.25) is 4.79 Å². The van der Waals surface area contributed by atoms with Crippen molar-refractivity contribution in [2.75, 3.05) is 0 Å². The molecule has 0 aromatic heterocycles. The first-order valence-electron chi connectivity index (χ1n) is 9.84. The van der Waals surface area contributed by atoms with E-state index in [9.17, 15) is 19.4 Å². The van der Waals surface area contributed by atoms with Crippen molar-refractivity contribution in [3.63, 3.8) is 0 Å². The molecule has 166 valence electrons. The average molecular weight is 475 g/mol.